The van der Waals surface area contributed by atoms with Gasteiger partial charge in [0, 0.05) is 0 Å². The second-order valence-corrected chi connectivity index (χ2v) is 9.02. The van der Waals surface area contributed by atoms with Gasteiger partial charge in [-0.1, -0.05) is 0 Å². The van der Waals surface area contributed by atoms with E-state index < -0.39 is 43.9 Å². The number of likely N-dealkylation sites (N-methyl/N-ethyl adjacent to an activating group) is 1. The number of hydrogen-bond donors (Lipinski definition) is 1. The number of fused-ring (bicyclic) bond motifs is 2. The van der Waals surface area contributed by atoms with Gasteiger partial charge in [0.05, 0.1) is 11.0 Å². The molecule has 0 saturated heterocycles. The van der Waals surface area contributed by atoms with Crippen molar-refractivity contribution in [1.82, 2.24) is 5.32 Å². The van der Waals surface area contributed by atoms with E-state index in [1.165, 1.54) is 13.1 Å². The number of hydrogen-bond acceptors (Lipinski definition) is 6. The highest BCUT2D eigenvalue weighted by Gasteiger charge is 2.58. The largest absolute Gasteiger partial charge is 0.534 e. The van der Waals surface area contributed by atoms with Gasteiger partial charge < -0.3 is 14.2 Å². The smallest absolute Gasteiger partial charge is 0.459 e. The molecule has 0 unspecified atom stereocenters. The summed E-state index contributed by atoms with van der Waals surface area (Å²) in [6, 6.07) is 0. The molecule has 0 aliphatic heterocycles. The van der Waals surface area contributed by atoms with E-state index in [1.54, 1.807) is 20.8 Å². The van der Waals surface area contributed by atoms with Gasteiger partial charge in [-0.25, -0.2) is 0 Å². The molecule has 1 N–H and O–H groups in total. The zero-order valence-electron chi connectivity index (χ0n) is 14.5. The Morgan fingerprint density at radius 3 is 2.08 bits per heavy atom. The minimum absolute atomic E-state index is 0.266. The van der Waals surface area contributed by atoms with E-state index in [1.807, 2.05) is 0 Å². The van der Waals surface area contributed by atoms with Gasteiger partial charge in [-0.2, -0.15) is 21.6 Å². The quantitative estimate of drug-likeness (QED) is 0.455. The molecule has 0 aromatic heterocycles. The number of nitrogens with one attached hydrogen (secondary N) is 1. The highest BCUT2D eigenvalue weighted by atomic mass is 32.2. The Hall–Kier alpha value is -1.29. The summed E-state index contributed by atoms with van der Waals surface area (Å²) >= 11 is 0. The first-order valence-corrected chi connectivity index (χ1v) is 9.24. The van der Waals surface area contributed by atoms with Crippen molar-refractivity contribution >= 4 is 16.1 Å². The monoisotopic (exact) mass is 385 g/mol. The van der Waals surface area contributed by atoms with Gasteiger partial charge in [0.2, 0.25) is 0 Å². The molecule has 3 aliphatic rings. The molecule has 0 amide bonds. The predicted octanol–water partition coefficient (Wildman–Crippen LogP) is 2.61. The van der Waals surface area contributed by atoms with Gasteiger partial charge in [-0.05, 0) is 59.6 Å². The van der Waals surface area contributed by atoms with Crippen LogP contribution < -0.4 is 5.32 Å². The van der Waals surface area contributed by atoms with E-state index in [2.05, 4.69) is 9.50 Å². The normalized spacial score (nSPS) is 30.0. The van der Waals surface area contributed by atoms with Crippen molar-refractivity contribution in [3.05, 3.63) is 11.8 Å². The molecule has 0 atom stereocenters. The summed E-state index contributed by atoms with van der Waals surface area (Å²) in [6.07, 6.45) is 2.39. The number of halogens is 3. The lowest BCUT2D eigenvalue weighted by Crippen LogP contribution is -2.57. The van der Waals surface area contributed by atoms with Crippen LogP contribution in [0.2, 0.25) is 0 Å². The summed E-state index contributed by atoms with van der Waals surface area (Å²) in [5, 5.41) is 2.86. The van der Waals surface area contributed by atoms with Gasteiger partial charge in [-0.3, -0.25) is 4.79 Å². The van der Waals surface area contributed by atoms with Crippen molar-refractivity contribution in [2.24, 2.45) is 5.41 Å². The summed E-state index contributed by atoms with van der Waals surface area (Å²) in [7, 11) is -4.30. The predicted molar refractivity (Wildman–Crippen MR) is 82.7 cm³/mol. The first kappa shape index (κ1) is 20.0. The Morgan fingerprint density at radius 1 is 1.16 bits per heavy atom. The molecule has 10 heteroatoms. The zero-order chi connectivity index (χ0) is 19.3. The van der Waals surface area contributed by atoms with E-state index in [9.17, 15) is 26.4 Å². The van der Waals surface area contributed by atoms with E-state index in [0.29, 0.717) is 12.8 Å². The molecule has 1 fully saturated rings. The van der Waals surface area contributed by atoms with E-state index in [4.69, 9.17) is 4.74 Å². The third-order valence-corrected chi connectivity index (χ3v) is 5.61. The molecule has 144 valence electrons. The second kappa shape index (κ2) is 5.87. The Morgan fingerprint density at radius 2 is 1.68 bits per heavy atom. The Labute approximate surface area is 144 Å². The van der Waals surface area contributed by atoms with Gasteiger partial charge >= 0.3 is 21.6 Å². The molecule has 3 aliphatic carbocycles. The number of ether oxygens (including phenoxy) is 1. The van der Waals surface area contributed by atoms with Crippen LogP contribution >= 0.6 is 0 Å². The molecule has 25 heavy (non-hydrogen) atoms. The van der Waals surface area contributed by atoms with Crippen molar-refractivity contribution in [3.63, 3.8) is 0 Å². The highest BCUT2D eigenvalue weighted by Crippen LogP contribution is 2.53. The lowest BCUT2D eigenvalue weighted by Gasteiger charge is -2.50. The summed E-state index contributed by atoms with van der Waals surface area (Å²) in [4.78, 5) is 12.6. The average molecular weight is 385 g/mol. The molecule has 0 aromatic carbocycles. The van der Waals surface area contributed by atoms with Crippen LogP contribution in [0.25, 0.3) is 0 Å². The molecular formula is C15H22F3NO5S. The van der Waals surface area contributed by atoms with Crippen molar-refractivity contribution in [1.29, 1.82) is 0 Å². The van der Waals surface area contributed by atoms with Gasteiger partial charge in [0.1, 0.15) is 11.4 Å². The van der Waals surface area contributed by atoms with Crippen LogP contribution in [0.5, 0.6) is 0 Å². The van der Waals surface area contributed by atoms with Crippen LogP contribution in [-0.4, -0.2) is 38.1 Å². The summed E-state index contributed by atoms with van der Waals surface area (Å²) < 4.78 is 70.7. The molecule has 0 aromatic rings. The van der Waals surface area contributed by atoms with E-state index >= 15 is 0 Å². The molecule has 0 radical (unpaired) electrons. The average Bonchev–Trinajstić information content (AvgIpc) is 2.45. The molecule has 6 nitrogen and oxygen atoms in total. The Balaban J connectivity index is 2.43. The van der Waals surface area contributed by atoms with Crippen molar-refractivity contribution < 1.29 is 35.3 Å². The van der Waals surface area contributed by atoms with Crippen molar-refractivity contribution in [2.75, 3.05) is 7.05 Å². The van der Waals surface area contributed by atoms with Crippen LogP contribution in [0.3, 0.4) is 0 Å². The third-order valence-electron chi connectivity index (χ3n) is 4.64. The van der Waals surface area contributed by atoms with Crippen molar-refractivity contribution in [2.45, 2.75) is 63.1 Å². The van der Waals surface area contributed by atoms with Crippen LogP contribution in [0, 0.1) is 5.41 Å². The first-order chi connectivity index (χ1) is 11.2. The summed E-state index contributed by atoms with van der Waals surface area (Å²) in [6.45, 7) is 5.04. The maximum absolute atomic E-state index is 12.7. The van der Waals surface area contributed by atoms with Crippen LogP contribution in [0.15, 0.2) is 11.8 Å². The van der Waals surface area contributed by atoms with Gasteiger partial charge in [0.25, 0.3) is 0 Å². The minimum atomic E-state index is -5.82. The van der Waals surface area contributed by atoms with Crippen LogP contribution in [0.1, 0.15) is 46.5 Å². The Bertz CT molecular complexity index is 683. The lowest BCUT2D eigenvalue weighted by atomic mass is 9.61. The molecular weight excluding hydrogens is 363 g/mol. The fourth-order valence-electron chi connectivity index (χ4n) is 3.19. The fraction of sp³-hybridized carbons (Fsp3) is 0.800. The van der Waals surface area contributed by atoms with E-state index in [0.717, 1.165) is 0 Å². The standard InChI is InChI=1S/C15H22F3NO5S/c1-12(2,3)23-11(20)13-5-7-14(19-4,8-6-13)10(9-13)24-25(21,22)15(16,17)18/h9,19H,5-8H2,1-4H3. The lowest BCUT2D eigenvalue weighted by molar-refractivity contribution is -0.168. The fourth-order valence-corrected chi connectivity index (χ4v) is 3.73. The van der Waals surface area contributed by atoms with Gasteiger partial charge in [0.15, 0.2) is 0 Å². The Kier molecular flexibility index (Phi) is 4.70. The first-order valence-electron chi connectivity index (χ1n) is 7.83. The minimum Gasteiger partial charge on any atom is -0.459 e. The maximum atomic E-state index is 12.7. The molecule has 3 rings (SSSR count). The molecule has 2 bridgehead atoms. The van der Waals surface area contributed by atoms with Crippen molar-refractivity contribution in [3.8, 4) is 0 Å². The van der Waals surface area contributed by atoms with Crippen LogP contribution in [-0.2, 0) is 23.8 Å². The zero-order valence-corrected chi connectivity index (χ0v) is 15.3. The molecule has 1 saturated carbocycles. The van der Waals surface area contributed by atoms with Crippen LogP contribution in [0.4, 0.5) is 13.2 Å². The molecule has 0 spiro atoms. The maximum Gasteiger partial charge on any atom is 0.534 e. The molecule has 0 heterocycles. The number of carbonyl (C=O) groups is 1. The number of rotatable bonds is 4. The number of alkyl halides is 3. The summed E-state index contributed by atoms with van der Waals surface area (Å²) in [5.74, 6) is -0.981. The number of carbonyl (C=O) groups excluding carboxylic acids is 1. The van der Waals surface area contributed by atoms with E-state index in [-0.39, 0.29) is 12.8 Å². The number of esters is 1. The third kappa shape index (κ3) is 3.64. The summed E-state index contributed by atoms with van der Waals surface area (Å²) in [5.41, 5.74) is -8.53. The SMILES string of the molecule is CNC12CCC(C(=O)OC(C)(C)C)(C=C1OS(=O)(=O)C(F)(F)F)CC2. The topological polar surface area (TPSA) is 81.7 Å². The highest BCUT2D eigenvalue weighted by molar-refractivity contribution is 7.87. The van der Waals surface area contributed by atoms with Gasteiger partial charge in [-0.15, -0.1) is 0 Å². The second-order valence-electron chi connectivity index (χ2n) is 7.48.